The van der Waals surface area contributed by atoms with Gasteiger partial charge in [-0.25, -0.2) is 8.78 Å². The monoisotopic (exact) mass is 258 g/mol. The lowest BCUT2D eigenvalue weighted by Gasteiger charge is -2.21. The van der Waals surface area contributed by atoms with Crippen LogP contribution in [0.2, 0.25) is 0 Å². The molecule has 0 heterocycles. The van der Waals surface area contributed by atoms with Gasteiger partial charge in [0, 0.05) is 12.6 Å². The number of halogens is 4. The highest BCUT2D eigenvalue weighted by Crippen LogP contribution is 2.22. The normalized spacial score (nSPS) is 12.6. The molecule has 1 amide bonds. The Labute approximate surface area is 98.2 Å². The zero-order valence-electron chi connectivity index (χ0n) is 10.1. The lowest BCUT2D eigenvalue weighted by Crippen LogP contribution is -2.45. The molecule has 0 aromatic heterocycles. The van der Waals surface area contributed by atoms with E-state index in [2.05, 4.69) is 0 Å². The van der Waals surface area contributed by atoms with Crippen LogP contribution in [-0.2, 0) is 4.79 Å². The fourth-order valence-electron chi connectivity index (χ4n) is 1.01. The third-order valence-corrected chi connectivity index (χ3v) is 2.43. The first-order valence-corrected chi connectivity index (χ1v) is 5.34. The zero-order chi connectivity index (χ0) is 13.6. The number of rotatable bonds is 7. The van der Waals surface area contributed by atoms with Crippen LogP contribution in [0.1, 0.15) is 20.3 Å². The molecule has 102 valence electrons. The van der Waals surface area contributed by atoms with Crippen LogP contribution >= 0.6 is 0 Å². The molecule has 17 heavy (non-hydrogen) atoms. The Hall–Kier alpha value is -0.850. The van der Waals surface area contributed by atoms with Gasteiger partial charge in [0.2, 0.25) is 0 Å². The maximum absolute atomic E-state index is 12.5. The summed E-state index contributed by atoms with van der Waals surface area (Å²) in [5.74, 6) is -6.52. The van der Waals surface area contributed by atoms with Gasteiger partial charge in [-0.05, 0) is 33.9 Å². The summed E-state index contributed by atoms with van der Waals surface area (Å²) in [6.45, 7) is 4.48. The molecule has 0 saturated heterocycles. The van der Waals surface area contributed by atoms with Crippen LogP contribution in [0.15, 0.2) is 0 Å². The van der Waals surface area contributed by atoms with E-state index in [1.807, 2.05) is 25.8 Å². The molecule has 0 aliphatic carbocycles. The highest BCUT2D eigenvalue weighted by molar-refractivity contribution is 5.83. The van der Waals surface area contributed by atoms with Crippen LogP contribution in [0.3, 0.4) is 0 Å². The van der Waals surface area contributed by atoms with Gasteiger partial charge < -0.3 is 10.2 Å². The fourth-order valence-corrected chi connectivity index (χ4v) is 1.01. The van der Waals surface area contributed by atoms with Gasteiger partial charge in [-0.2, -0.15) is 8.78 Å². The molecule has 0 aromatic rings. The average molecular weight is 258 g/mol. The topological polar surface area (TPSA) is 32.3 Å². The molecule has 0 aromatic carbocycles. The molecule has 0 aliphatic rings. The first-order valence-electron chi connectivity index (χ1n) is 5.34. The molecule has 0 bridgehead atoms. The predicted octanol–water partition coefficient (Wildman–Crippen LogP) is 1.73. The van der Waals surface area contributed by atoms with E-state index < -0.39 is 18.3 Å². The van der Waals surface area contributed by atoms with Crippen molar-refractivity contribution in [1.82, 2.24) is 10.2 Å². The molecule has 0 spiro atoms. The highest BCUT2D eigenvalue weighted by atomic mass is 19.3. The minimum Gasteiger partial charge on any atom is -0.351 e. The first-order chi connectivity index (χ1) is 7.69. The largest absolute Gasteiger partial charge is 0.383 e. The number of nitrogens with zero attached hydrogens (tertiary/aromatic N) is 1. The van der Waals surface area contributed by atoms with Crippen molar-refractivity contribution in [3.63, 3.8) is 0 Å². The quantitative estimate of drug-likeness (QED) is 0.557. The van der Waals surface area contributed by atoms with Gasteiger partial charge in [0.1, 0.15) is 0 Å². The Kier molecular flexibility index (Phi) is 6.44. The number of amides is 1. The Bertz CT molecular complexity index is 246. The number of hydrogen-bond acceptors (Lipinski definition) is 2. The summed E-state index contributed by atoms with van der Waals surface area (Å²) >= 11 is 0. The molecular weight excluding hydrogens is 240 g/mol. The highest BCUT2D eigenvalue weighted by Gasteiger charge is 2.48. The number of hydrogen-bond donors (Lipinski definition) is 1. The predicted molar refractivity (Wildman–Crippen MR) is 56.3 cm³/mol. The molecule has 0 atom stereocenters. The molecule has 0 aliphatic heterocycles. The molecule has 7 heteroatoms. The smallest absolute Gasteiger partial charge is 0.351 e. The lowest BCUT2D eigenvalue weighted by atomic mass is 10.3. The van der Waals surface area contributed by atoms with Gasteiger partial charge in [0.25, 0.3) is 5.91 Å². The van der Waals surface area contributed by atoms with Crippen molar-refractivity contribution < 1.29 is 22.4 Å². The minimum atomic E-state index is -4.61. The van der Waals surface area contributed by atoms with Gasteiger partial charge in [-0.3, -0.25) is 4.79 Å². The third kappa shape index (κ3) is 5.34. The van der Waals surface area contributed by atoms with E-state index in [1.54, 1.807) is 5.32 Å². The summed E-state index contributed by atoms with van der Waals surface area (Å²) in [7, 11) is 1.85. The minimum absolute atomic E-state index is 0.0434. The van der Waals surface area contributed by atoms with Crippen LogP contribution in [0.5, 0.6) is 0 Å². The second-order valence-electron chi connectivity index (χ2n) is 4.11. The van der Waals surface area contributed by atoms with Crippen LogP contribution < -0.4 is 5.32 Å². The SMILES string of the molecule is CC(C)N(C)CCCNC(=O)C(F)(F)C(F)F. The van der Waals surface area contributed by atoms with Gasteiger partial charge in [-0.1, -0.05) is 0 Å². The molecule has 0 saturated carbocycles. The van der Waals surface area contributed by atoms with Gasteiger partial charge in [-0.15, -0.1) is 0 Å². The molecular formula is C10H18F4N2O. The molecule has 0 rings (SSSR count). The summed E-state index contributed by atoms with van der Waals surface area (Å²) in [5.41, 5.74) is 0. The summed E-state index contributed by atoms with van der Waals surface area (Å²) in [6, 6.07) is 0.299. The van der Waals surface area contributed by atoms with E-state index in [9.17, 15) is 22.4 Å². The van der Waals surface area contributed by atoms with E-state index in [0.717, 1.165) is 0 Å². The summed E-state index contributed by atoms with van der Waals surface area (Å²) in [5, 5.41) is 1.80. The molecule has 1 N–H and O–H groups in total. The third-order valence-electron chi connectivity index (χ3n) is 2.43. The maximum atomic E-state index is 12.5. The van der Waals surface area contributed by atoms with E-state index in [0.29, 0.717) is 19.0 Å². The molecule has 0 fully saturated rings. The molecule has 0 radical (unpaired) electrons. The van der Waals surface area contributed by atoms with Crippen LogP contribution in [0.25, 0.3) is 0 Å². The Morgan fingerprint density at radius 3 is 2.29 bits per heavy atom. The van der Waals surface area contributed by atoms with Gasteiger partial charge in [0.15, 0.2) is 0 Å². The fraction of sp³-hybridized carbons (Fsp3) is 0.900. The van der Waals surface area contributed by atoms with Crippen molar-refractivity contribution in [2.75, 3.05) is 20.1 Å². The van der Waals surface area contributed by atoms with Crippen molar-refractivity contribution >= 4 is 5.91 Å². The van der Waals surface area contributed by atoms with Crippen molar-refractivity contribution in [1.29, 1.82) is 0 Å². The molecule has 0 unspecified atom stereocenters. The summed E-state index contributed by atoms with van der Waals surface area (Å²) in [6.07, 6.45) is -3.54. The number of carbonyl (C=O) groups excluding carboxylic acids is 1. The zero-order valence-corrected chi connectivity index (χ0v) is 10.1. The van der Waals surface area contributed by atoms with E-state index in [1.165, 1.54) is 0 Å². The van der Waals surface area contributed by atoms with Crippen molar-refractivity contribution in [2.45, 2.75) is 38.7 Å². The Morgan fingerprint density at radius 1 is 1.35 bits per heavy atom. The van der Waals surface area contributed by atoms with Crippen molar-refractivity contribution in [2.24, 2.45) is 0 Å². The second-order valence-corrected chi connectivity index (χ2v) is 4.11. The van der Waals surface area contributed by atoms with Crippen LogP contribution in [0, 0.1) is 0 Å². The van der Waals surface area contributed by atoms with Gasteiger partial charge >= 0.3 is 12.3 Å². The van der Waals surface area contributed by atoms with E-state index in [-0.39, 0.29) is 6.54 Å². The van der Waals surface area contributed by atoms with Crippen molar-refractivity contribution in [3.8, 4) is 0 Å². The Morgan fingerprint density at radius 2 is 1.88 bits per heavy atom. The average Bonchev–Trinajstić information content (AvgIpc) is 2.22. The second kappa shape index (κ2) is 6.78. The maximum Gasteiger partial charge on any atom is 0.383 e. The van der Waals surface area contributed by atoms with E-state index >= 15 is 0 Å². The van der Waals surface area contributed by atoms with Gasteiger partial charge in [0.05, 0.1) is 0 Å². The molecule has 3 nitrogen and oxygen atoms in total. The number of nitrogens with one attached hydrogen (secondary N) is 1. The van der Waals surface area contributed by atoms with E-state index in [4.69, 9.17) is 0 Å². The number of alkyl halides is 4. The van der Waals surface area contributed by atoms with Crippen LogP contribution in [-0.4, -0.2) is 49.3 Å². The number of carbonyl (C=O) groups is 1. The standard InChI is InChI=1S/C10H18F4N2O/c1-7(2)16(3)6-4-5-15-9(17)10(13,14)8(11)12/h7-8H,4-6H2,1-3H3,(H,15,17). The Balaban J connectivity index is 3.87. The summed E-state index contributed by atoms with van der Waals surface area (Å²) in [4.78, 5) is 12.7. The lowest BCUT2D eigenvalue weighted by molar-refractivity contribution is -0.169. The first kappa shape index (κ1) is 16.1. The van der Waals surface area contributed by atoms with Crippen LogP contribution in [0.4, 0.5) is 17.6 Å². The summed E-state index contributed by atoms with van der Waals surface area (Å²) < 4.78 is 48.5. The van der Waals surface area contributed by atoms with Crippen molar-refractivity contribution in [3.05, 3.63) is 0 Å².